The van der Waals surface area contributed by atoms with E-state index >= 15 is 0 Å². The van der Waals surface area contributed by atoms with E-state index in [0.717, 1.165) is 5.56 Å². The minimum Gasteiger partial charge on any atom is -0.389 e. The molecule has 1 atom stereocenters. The van der Waals surface area contributed by atoms with Crippen LogP contribution in [0.4, 0.5) is 10.5 Å². The standard InChI is InChI=1S/C12H18N2O3/c1-9-3-5-10(6-4-9)14-12(16)13-7-11(15)8-17-2/h3-6,11,15H,7-8H2,1-2H3,(H2,13,14,16). The Kier molecular flexibility index (Phi) is 5.45. The fraction of sp³-hybridized carbons (Fsp3) is 0.417. The van der Waals surface area contributed by atoms with Crippen LogP contribution in [-0.4, -0.2) is 37.5 Å². The molecule has 3 N–H and O–H groups in total. The van der Waals surface area contributed by atoms with E-state index in [2.05, 4.69) is 10.6 Å². The van der Waals surface area contributed by atoms with Crippen molar-refractivity contribution in [3.05, 3.63) is 29.8 Å². The number of anilines is 1. The number of rotatable bonds is 5. The van der Waals surface area contributed by atoms with Gasteiger partial charge in [0.05, 0.1) is 12.7 Å². The summed E-state index contributed by atoms with van der Waals surface area (Å²) in [5.74, 6) is 0. The lowest BCUT2D eigenvalue weighted by atomic mass is 10.2. The van der Waals surface area contributed by atoms with E-state index in [0.29, 0.717) is 5.69 Å². The number of benzene rings is 1. The van der Waals surface area contributed by atoms with E-state index < -0.39 is 6.10 Å². The predicted molar refractivity (Wildman–Crippen MR) is 66.1 cm³/mol. The summed E-state index contributed by atoms with van der Waals surface area (Å²) in [7, 11) is 1.50. The van der Waals surface area contributed by atoms with Crippen LogP contribution < -0.4 is 10.6 Å². The van der Waals surface area contributed by atoms with Crippen LogP contribution in [0.25, 0.3) is 0 Å². The number of hydrogen-bond acceptors (Lipinski definition) is 3. The second kappa shape index (κ2) is 6.88. The molecule has 1 aromatic rings. The smallest absolute Gasteiger partial charge is 0.319 e. The van der Waals surface area contributed by atoms with Gasteiger partial charge in [0.15, 0.2) is 0 Å². The average Bonchev–Trinajstić information content (AvgIpc) is 2.30. The highest BCUT2D eigenvalue weighted by Crippen LogP contribution is 2.07. The quantitative estimate of drug-likeness (QED) is 0.720. The van der Waals surface area contributed by atoms with Crippen LogP contribution in [0.3, 0.4) is 0 Å². The minimum absolute atomic E-state index is 0.158. The number of aliphatic hydroxyl groups excluding tert-OH is 1. The van der Waals surface area contributed by atoms with Gasteiger partial charge in [-0.2, -0.15) is 0 Å². The Morgan fingerprint density at radius 3 is 2.65 bits per heavy atom. The number of aliphatic hydroxyl groups is 1. The number of hydrogen-bond donors (Lipinski definition) is 3. The summed E-state index contributed by atoms with van der Waals surface area (Å²) in [4.78, 5) is 11.4. The van der Waals surface area contributed by atoms with Gasteiger partial charge in [0.25, 0.3) is 0 Å². The molecule has 1 aromatic carbocycles. The van der Waals surface area contributed by atoms with Crippen molar-refractivity contribution < 1.29 is 14.6 Å². The first-order chi connectivity index (χ1) is 8.11. The summed E-state index contributed by atoms with van der Waals surface area (Å²) in [5, 5.41) is 14.5. The first-order valence-corrected chi connectivity index (χ1v) is 5.40. The molecule has 0 aromatic heterocycles. The SMILES string of the molecule is COCC(O)CNC(=O)Nc1ccc(C)cc1. The number of carbonyl (C=O) groups is 1. The molecule has 1 rings (SSSR count). The van der Waals surface area contributed by atoms with Crippen LogP contribution in [0.1, 0.15) is 5.56 Å². The number of aryl methyl sites for hydroxylation is 1. The van der Waals surface area contributed by atoms with E-state index in [9.17, 15) is 9.90 Å². The van der Waals surface area contributed by atoms with Crippen LogP contribution in [0.5, 0.6) is 0 Å². The molecule has 0 aliphatic heterocycles. The van der Waals surface area contributed by atoms with Crippen molar-refractivity contribution in [2.45, 2.75) is 13.0 Å². The molecule has 17 heavy (non-hydrogen) atoms. The van der Waals surface area contributed by atoms with Crippen LogP contribution >= 0.6 is 0 Å². The molecule has 0 radical (unpaired) electrons. The Hall–Kier alpha value is -1.59. The summed E-state index contributed by atoms with van der Waals surface area (Å²) >= 11 is 0. The average molecular weight is 238 g/mol. The Balaban J connectivity index is 2.32. The van der Waals surface area contributed by atoms with Crippen molar-refractivity contribution in [2.75, 3.05) is 25.6 Å². The van der Waals surface area contributed by atoms with Gasteiger partial charge < -0.3 is 20.5 Å². The van der Waals surface area contributed by atoms with Crippen LogP contribution in [0.2, 0.25) is 0 Å². The number of carbonyl (C=O) groups excluding carboxylic acids is 1. The summed E-state index contributed by atoms with van der Waals surface area (Å²) in [6.07, 6.45) is -0.691. The number of methoxy groups -OCH3 is 1. The number of nitrogens with one attached hydrogen (secondary N) is 2. The molecule has 1 unspecified atom stereocenters. The zero-order valence-electron chi connectivity index (χ0n) is 10.1. The molecule has 0 aliphatic carbocycles. The summed E-state index contributed by atoms with van der Waals surface area (Å²) in [6.45, 7) is 2.33. The molecular formula is C12H18N2O3. The molecule has 5 nitrogen and oxygen atoms in total. The molecular weight excluding hydrogens is 220 g/mol. The monoisotopic (exact) mass is 238 g/mol. The third-order valence-corrected chi connectivity index (χ3v) is 2.17. The van der Waals surface area contributed by atoms with Crippen molar-refractivity contribution in [1.29, 1.82) is 0 Å². The van der Waals surface area contributed by atoms with Crippen molar-refractivity contribution in [1.82, 2.24) is 5.32 Å². The second-order valence-corrected chi connectivity index (χ2v) is 3.81. The van der Waals surface area contributed by atoms with Crippen LogP contribution in [-0.2, 0) is 4.74 Å². The maximum Gasteiger partial charge on any atom is 0.319 e. The first-order valence-electron chi connectivity index (χ1n) is 5.40. The predicted octanol–water partition coefficient (Wildman–Crippen LogP) is 1.12. The molecule has 0 spiro atoms. The van der Waals surface area contributed by atoms with Crippen molar-refractivity contribution in [3.63, 3.8) is 0 Å². The minimum atomic E-state index is -0.691. The lowest BCUT2D eigenvalue weighted by molar-refractivity contribution is 0.0663. The molecule has 5 heteroatoms. The van der Waals surface area contributed by atoms with Crippen molar-refractivity contribution >= 4 is 11.7 Å². The number of urea groups is 1. The van der Waals surface area contributed by atoms with E-state index in [4.69, 9.17) is 4.74 Å². The van der Waals surface area contributed by atoms with E-state index in [1.54, 1.807) is 0 Å². The van der Waals surface area contributed by atoms with Crippen LogP contribution in [0.15, 0.2) is 24.3 Å². The summed E-state index contributed by atoms with van der Waals surface area (Å²) < 4.78 is 4.75. The number of amides is 2. The Morgan fingerprint density at radius 1 is 1.41 bits per heavy atom. The summed E-state index contributed by atoms with van der Waals surface area (Å²) in [6, 6.07) is 7.12. The van der Waals surface area contributed by atoms with Gasteiger partial charge in [-0.1, -0.05) is 17.7 Å². The fourth-order valence-corrected chi connectivity index (χ4v) is 1.27. The highest BCUT2D eigenvalue weighted by Gasteiger charge is 2.06. The lowest BCUT2D eigenvalue weighted by Crippen LogP contribution is -2.36. The molecule has 0 aliphatic rings. The van der Waals surface area contributed by atoms with E-state index in [1.165, 1.54) is 7.11 Å². The maximum atomic E-state index is 11.4. The fourth-order valence-electron chi connectivity index (χ4n) is 1.27. The highest BCUT2D eigenvalue weighted by molar-refractivity contribution is 5.89. The van der Waals surface area contributed by atoms with Crippen LogP contribution in [0, 0.1) is 6.92 Å². The Bertz CT molecular complexity index is 351. The van der Waals surface area contributed by atoms with E-state index in [-0.39, 0.29) is 19.2 Å². The van der Waals surface area contributed by atoms with Gasteiger partial charge in [-0.05, 0) is 19.1 Å². The van der Waals surface area contributed by atoms with Gasteiger partial charge in [0, 0.05) is 19.3 Å². The van der Waals surface area contributed by atoms with Gasteiger partial charge in [-0.3, -0.25) is 0 Å². The zero-order chi connectivity index (χ0) is 12.7. The zero-order valence-corrected chi connectivity index (χ0v) is 10.1. The molecule has 2 amide bonds. The molecule has 0 saturated carbocycles. The largest absolute Gasteiger partial charge is 0.389 e. The van der Waals surface area contributed by atoms with E-state index in [1.807, 2.05) is 31.2 Å². The first kappa shape index (κ1) is 13.5. The molecule has 94 valence electrons. The van der Waals surface area contributed by atoms with Gasteiger partial charge in [0.1, 0.15) is 0 Å². The lowest BCUT2D eigenvalue weighted by Gasteiger charge is -2.11. The topological polar surface area (TPSA) is 70.6 Å². The molecule has 0 fully saturated rings. The van der Waals surface area contributed by atoms with Crippen molar-refractivity contribution in [3.8, 4) is 0 Å². The maximum absolute atomic E-state index is 11.4. The van der Waals surface area contributed by atoms with Gasteiger partial charge in [-0.15, -0.1) is 0 Å². The highest BCUT2D eigenvalue weighted by atomic mass is 16.5. The Labute approximate surface area is 101 Å². The normalized spacial score (nSPS) is 11.9. The van der Waals surface area contributed by atoms with Gasteiger partial charge >= 0.3 is 6.03 Å². The number of ether oxygens (including phenoxy) is 1. The molecule has 0 saturated heterocycles. The third kappa shape index (κ3) is 5.33. The molecule has 0 heterocycles. The summed E-state index contributed by atoms with van der Waals surface area (Å²) in [5.41, 5.74) is 1.85. The van der Waals surface area contributed by atoms with Gasteiger partial charge in [0.2, 0.25) is 0 Å². The molecule has 0 bridgehead atoms. The van der Waals surface area contributed by atoms with Crippen molar-refractivity contribution in [2.24, 2.45) is 0 Å². The third-order valence-electron chi connectivity index (χ3n) is 2.17. The Morgan fingerprint density at radius 2 is 2.06 bits per heavy atom. The van der Waals surface area contributed by atoms with Gasteiger partial charge in [-0.25, -0.2) is 4.79 Å². The second-order valence-electron chi connectivity index (χ2n) is 3.81.